The minimum absolute atomic E-state index is 0.0222. The first-order valence-corrected chi connectivity index (χ1v) is 7.51. The lowest BCUT2D eigenvalue weighted by Crippen LogP contribution is -2.23. The number of nitrogens with two attached hydrogens (primary N) is 2. The van der Waals surface area contributed by atoms with E-state index in [1.807, 2.05) is 24.3 Å². The second-order valence-corrected chi connectivity index (χ2v) is 5.30. The predicted octanol–water partition coefficient (Wildman–Crippen LogP) is 1.47. The van der Waals surface area contributed by atoms with E-state index >= 15 is 0 Å². The minimum atomic E-state index is -1.03. The molecule has 2 rings (SSSR count). The molecule has 7 nitrogen and oxygen atoms in total. The van der Waals surface area contributed by atoms with Gasteiger partial charge in [-0.25, -0.2) is 4.79 Å². The summed E-state index contributed by atoms with van der Waals surface area (Å²) in [5.41, 5.74) is 11.0. The smallest absolute Gasteiger partial charge is 0.328 e. The van der Waals surface area contributed by atoms with Crippen molar-refractivity contribution < 1.29 is 15.0 Å². The van der Waals surface area contributed by atoms with Gasteiger partial charge < -0.3 is 21.7 Å². The molecular formula is C17H20N4O3. The quantitative estimate of drug-likeness (QED) is 0.347. The third kappa shape index (κ3) is 4.45. The van der Waals surface area contributed by atoms with Crippen molar-refractivity contribution in [2.75, 3.05) is 6.54 Å². The number of carboxylic acid groups (broad SMARTS) is 1. The number of hydrogen-bond acceptors (Lipinski definition) is 4. The molecule has 6 N–H and O–H groups in total. The summed E-state index contributed by atoms with van der Waals surface area (Å²) >= 11 is 0. The highest BCUT2D eigenvalue weighted by molar-refractivity contribution is 6.02. The van der Waals surface area contributed by atoms with Crippen LogP contribution in [0.3, 0.4) is 0 Å². The van der Waals surface area contributed by atoms with Crippen LogP contribution in [0.2, 0.25) is 0 Å². The van der Waals surface area contributed by atoms with Gasteiger partial charge in [-0.1, -0.05) is 30.3 Å². The fraction of sp³-hybridized carbons (Fsp3) is 0.235. The molecule has 0 heterocycles. The Labute approximate surface area is 139 Å². The van der Waals surface area contributed by atoms with Crippen LogP contribution >= 0.6 is 0 Å². The molecule has 0 saturated carbocycles. The maximum Gasteiger partial charge on any atom is 0.328 e. The van der Waals surface area contributed by atoms with E-state index in [2.05, 4.69) is 9.98 Å². The van der Waals surface area contributed by atoms with Gasteiger partial charge in [0, 0.05) is 18.3 Å². The number of aliphatic carboxylic acids is 1. The average molecular weight is 328 g/mol. The van der Waals surface area contributed by atoms with Gasteiger partial charge in [0.1, 0.15) is 11.8 Å². The van der Waals surface area contributed by atoms with Crippen molar-refractivity contribution in [3.8, 4) is 5.75 Å². The van der Waals surface area contributed by atoms with Crippen molar-refractivity contribution in [2.45, 2.75) is 18.9 Å². The molecule has 0 aliphatic carbocycles. The van der Waals surface area contributed by atoms with Gasteiger partial charge >= 0.3 is 5.97 Å². The molecule has 2 aromatic carbocycles. The Bertz CT molecular complexity index is 782. The number of guanidine groups is 1. The number of rotatable bonds is 7. The number of aliphatic imine (C=N–C) groups is 2. The van der Waals surface area contributed by atoms with E-state index in [0.717, 1.165) is 10.8 Å². The Morgan fingerprint density at radius 3 is 2.67 bits per heavy atom. The van der Waals surface area contributed by atoms with Crippen LogP contribution in [0.4, 0.5) is 0 Å². The lowest BCUT2D eigenvalue weighted by molar-refractivity contribution is -0.138. The first-order valence-electron chi connectivity index (χ1n) is 7.51. The van der Waals surface area contributed by atoms with E-state index in [4.69, 9.17) is 11.5 Å². The highest BCUT2D eigenvalue weighted by Crippen LogP contribution is 2.25. The topological polar surface area (TPSA) is 134 Å². The number of aromatic hydroxyl groups is 1. The second-order valence-electron chi connectivity index (χ2n) is 5.30. The Hall–Kier alpha value is -3.09. The van der Waals surface area contributed by atoms with E-state index in [-0.39, 0.29) is 11.7 Å². The average Bonchev–Trinajstić information content (AvgIpc) is 2.55. The number of phenols is 1. The molecule has 0 aliphatic rings. The maximum absolute atomic E-state index is 11.3. The van der Waals surface area contributed by atoms with Crippen LogP contribution < -0.4 is 11.5 Å². The largest absolute Gasteiger partial charge is 0.507 e. The summed E-state index contributed by atoms with van der Waals surface area (Å²) < 4.78 is 0. The molecule has 2 aromatic rings. The lowest BCUT2D eigenvalue weighted by Gasteiger charge is -2.08. The van der Waals surface area contributed by atoms with Gasteiger partial charge in [-0.3, -0.25) is 9.98 Å². The number of hydrogen-bond donors (Lipinski definition) is 4. The third-order valence-corrected chi connectivity index (χ3v) is 3.55. The van der Waals surface area contributed by atoms with Gasteiger partial charge in [0.25, 0.3) is 0 Å². The van der Waals surface area contributed by atoms with Gasteiger partial charge in [0.05, 0.1) is 0 Å². The maximum atomic E-state index is 11.3. The van der Waals surface area contributed by atoms with Crippen LogP contribution in [0.1, 0.15) is 18.4 Å². The van der Waals surface area contributed by atoms with Crippen molar-refractivity contribution in [1.82, 2.24) is 0 Å². The summed E-state index contributed by atoms with van der Waals surface area (Å²) in [6.07, 6.45) is 2.21. The zero-order chi connectivity index (χ0) is 17.5. The summed E-state index contributed by atoms with van der Waals surface area (Å²) in [7, 11) is 0. The van der Waals surface area contributed by atoms with E-state index in [9.17, 15) is 15.0 Å². The van der Waals surface area contributed by atoms with Crippen molar-refractivity contribution in [1.29, 1.82) is 0 Å². The van der Waals surface area contributed by atoms with Gasteiger partial charge in [0.15, 0.2) is 5.96 Å². The first-order chi connectivity index (χ1) is 11.5. The third-order valence-electron chi connectivity index (χ3n) is 3.55. The van der Waals surface area contributed by atoms with E-state index < -0.39 is 12.0 Å². The molecule has 0 saturated heterocycles. The van der Waals surface area contributed by atoms with Crippen molar-refractivity contribution in [2.24, 2.45) is 21.5 Å². The fourth-order valence-electron chi connectivity index (χ4n) is 2.34. The standard InChI is InChI=1S/C17H20N4O3/c18-17(19)20-9-3-6-14(16(23)24)21-10-13-12-5-2-1-4-11(12)7-8-15(13)22/h1-2,4-5,7-8,10,14,22H,3,6,9H2,(H,23,24)(H4,18,19,20)/t14-/m0/s1. The van der Waals surface area contributed by atoms with E-state index in [1.165, 1.54) is 6.21 Å². The van der Waals surface area contributed by atoms with E-state index in [1.54, 1.807) is 12.1 Å². The number of nitrogens with zero attached hydrogens (tertiary/aromatic N) is 2. The molecule has 0 fully saturated rings. The van der Waals surface area contributed by atoms with Crippen molar-refractivity contribution >= 4 is 28.9 Å². The molecule has 126 valence electrons. The van der Waals surface area contributed by atoms with Crippen LogP contribution in [0.15, 0.2) is 46.4 Å². The van der Waals surface area contributed by atoms with E-state index in [0.29, 0.717) is 24.9 Å². The molecule has 0 aromatic heterocycles. The highest BCUT2D eigenvalue weighted by Gasteiger charge is 2.15. The zero-order valence-corrected chi connectivity index (χ0v) is 13.1. The Kier molecular flexibility index (Phi) is 5.73. The summed E-state index contributed by atoms with van der Waals surface area (Å²) in [5, 5.41) is 21.1. The number of carboxylic acids is 1. The zero-order valence-electron chi connectivity index (χ0n) is 13.1. The molecular weight excluding hydrogens is 308 g/mol. The minimum Gasteiger partial charge on any atom is -0.507 e. The Morgan fingerprint density at radius 2 is 1.96 bits per heavy atom. The molecule has 0 spiro atoms. The van der Waals surface area contributed by atoms with Gasteiger partial charge in [-0.05, 0) is 29.7 Å². The van der Waals surface area contributed by atoms with Crippen LogP contribution in [0, 0.1) is 0 Å². The number of carbonyl (C=O) groups is 1. The summed E-state index contributed by atoms with van der Waals surface area (Å²) in [5.74, 6) is -0.996. The fourth-order valence-corrected chi connectivity index (χ4v) is 2.34. The van der Waals surface area contributed by atoms with Crippen molar-refractivity contribution in [3.05, 3.63) is 42.0 Å². The molecule has 0 unspecified atom stereocenters. The first kappa shape index (κ1) is 17.3. The normalized spacial score (nSPS) is 12.3. The van der Waals surface area contributed by atoms with Crippen LogP contribution in [-0.2, 0) is 4.79 Å². The Morgan fingerprint density at radius 1 is 1.21 bits per heavy atom. The Balaban J connectivity index is 2.19. The predicted molar refractivity (Wildman–Crippen MR) is 94.5 cm³/mol. The lowest BCUT2D eigenvalue weighted by atomic mass is 10.0. The highest BCUT2D eigenvalue weighted by atomic mass is 16.4. The summed E-state index contributed by atoms with van der Waals surface area (Å²) in [6, 6.07) is 9.95. The van der Waals surface area contributed by atoms with Crippen LogP contribution in [0.25, 0.3) is 10.8 Å². The summed E-state index contributed by atoms with van der Waals surface area (Å²) in [6.45, 7) is 0.348. The number of benzene rings is 2. The van der Waals surface area contributed by atoms with Gasteiger partial charge in [-0.2, -0.15) is 0 Å². The number of fused-ring (bicyclic) bond motifs is 1. The monoisotopic (exact) mass is 328 g/mol. The molecule has 24 heavy (non-hydrogen) atoms. The SMILES string of the molecule is NC(N)=NCCC[C@H](N=Cc1c(O)ccc2ccccc12)C(=O)O. The molecule has 0 aliphatic heterocycles. The molecule has 1 atom stereocenters. The molecule has 0 amide bonds. The van der Waals surface area contributed by atoms with Gasteiger partial charge in [-0.15, -0.1) is 0 Å². The molecule has 0 radical (unpaired) electrons. The molecule has 0 bridgehead atoms. The summed E-state index contributed by atoms with van der Waals surface area (Å²) in [4.78, 5) is 19.3. The number of phenolic OH excluding ortho intramolecular Hbond substituents is 1. The van der Waals surface area contributed by atoms with Crippen LogP contribution in [-0.4, -0.2) is 40.9 Å². The molecule has 7 heteroatoms. The van der Waals surface area contributed by atoms with Crippen molar-refractivity contribution in [3.63, 3.8) is 0 Å². The second kappa shape index (κ2) is 7.96. The van der Waals surface area contributed by atoms with Crippen LogP contribution in [0.5, 0.6) is 5.75 Å². The van der Waals surface area contributed by atoms with Gasteiger partial charge in [0.2, 0.25) is 0 Å².